The van der Waals surface area contributed by atoms with Crippen LogP contribution < -0.4 is 17.0 Å². The van der Waals surface area contributed by atoms with Gasteiger partial charge in [0.05, 0.1) is 11.6 Å². The van der Waals surface area contributed by atoms with E-state index in [1.165, 1.54) is 0 Å². The Morgan fingerprint density at radius 2 is 1.90 bits per heavy atom. The van der Waals surface area contributed by atoms with Crippen LogP contribution in [0.5, 0.6) is 0 Å². The molecule has 1 unspecified atom stereocenters. The summed E-state index contributed by atoms with van der Waals surface area (Å²) < 4.78 is 0. The zero-order valence-corrected chi connectivity index (χ0v) is 12.0. The fourth-order valence-corrected chi connectivity index (χ4v) is 2.60. The smallest absolute Gasteiger partial charge is 0.0745 e. The quantitative estimate of drug-likeness (QED) is 0.395. The van der Waals surface area contributed by atoms with Crippen LogP contribution >= 0.6 is 11.6 Å². The standard InChI is InChI=1S/C16H15ClN4/c17-12-5-6-13(14(18)8-12)16(21-19)11-7-10-3-1-2-4-15(10)20-9-11/h1-9,16,21H,18-19H2. The molecule has 1 heterocycles. The minimum absolute atomic E-state index is 0.237. The van der Waals surface area contributed by atoms with Crippen molar-refractivity contribution in [3.63, 3.8) is 0 Å². The SMILES string of the molecule is NNC(c1cnc2ccccc2c1)c1ccc(Cl)cc1N. The van der Waals surface area contributed by atoms with Crippen molar-refractivity contribution in [1.82, 2.24) is 10.4 Å². The molecule has 5 N–H and O–H groups in total. The van der Waals surface area contributed by atoms with Crippen LogP contribution in [0.25, 0.3) is 10.9 Å². The van der Waals surface area contributed by atoms with E-state index >= 15 is 0 Å². The van der Waals surface area contributed by atoms with Crippen molar-refractivity contribution in [2.24, 2.45) is 5.84 Å². The number of halogens is 1. The number of hydrogen-bond donors (Lipinski definition) is 3. The zero-order valence-electron chi connectivity index (χ0n) is 11.3. The molecule has 5 heteroatoms. The summed E-state index contributed by atoms with van der Waals surface area (Å²) in [5.74, 6) is 5.72. The Bertz CT molecular complexity index is 788. The monoisotopic (exact) mass is 298 g/mol. The lowest BCUT2D eigenvalue weighted by molar-refractivity contribution is 0.637. The maximum absolute atomic E-state index is 6.05. The van der Waals surface area contributed by atoms with E-state index in [0.29, 0.717) is 10.7 Å². The molecule has 1 atom stereocenters. The largest absolute Gasteiger partial charge is 0.398 e. The first-order valence-corrected chi connectivity index (χ1v) is 6.92. The van der Waals surface area contributed by atoms with Crippen molar-refractivity contribution in [3.8, 4) is 0 Å². The van der Waals surface area contributed by atoms with Crippen LogP contribution in [0.2, 0.25) is 5.02 Å². The molecule has 0 saturated carbocycles. The van der Waals surface area contributed by atoms with E-state index in [1.54, 1.807) is 18.3 Å². The van der Waals surface area contributed by atoms with Crippen LogP contribution in [-0.4, -0.2) is 4.98 Å². The summed E-state index contributed by atoms with van der Waals surface area (Å²) in [6.45, 7) is 0. The molecule has 21 heavy (non-hydrogen) atoms. The summed E-state index contributed by atoms with van der Waals surface area (Å²) >= 11 is 5.94. The van der Waals surface area contributed by atoms with Crippen molar-refractivity contribution >= 4 is 28.2 Å². The number of nitrogens with two attached hydrogens (primary N) is 2. The molecule has 0 saturated heterocycles. The summed E-state index contributed by atoms with van der Waals surface area (Å²) in [6, 6.07) is 15.1. The van der Waals surface area contributed by atoms with Gasteiger partial charge in [-0.25, -0.2) is 5.43 Å². The third-order valence-corrected chi connectivity index (χ3v) is 3.71. The number of hydrogen-bond acceptors (Lipinski definition) is 4. The molecule has 0 spiro atoms. The van der Waals surface area contributed by atoms with Crippen molar-refractivity contribution in [2.75, 3.05) is 5.73 Å². The van der Waals surface area contributed by atoms with E-state index in [2.05, 4.69) is 16.5 Å². The predicted octanol–water partition coefficient (Wildman–Crippen LogP) is 3.02. The van der Waals surface area contributed by atoms with Crippen LogP contribution in [-0.2, 0) is 0 Å². The number of nitrogens with one attached hydrogen (secondary N) is 1. The highest BCUT2D eigenvalue weighted by molar-refractivity contribution is 6.30. The molecule has 0 bridgehead atoms. The van der Waals surface area contributed by atoms with Gasteiger partial charge >= 0.3 is 0 Å². The normalized spacial score (nSPS) is 12.5. The van der Waals surface area contributed by atoms with Crippen LogP contribution in [0, 0.1) is 0 Å². The van der Waals surface area contributed by atoms with Crippen LogP contribution in [0.4, 0.5) is 5.69 Å². The van der Waals surface area contributed by atoms with E-state index in [-0.39, 0.29) is 6.04 Å². The lowest BCUT2D eigenvalue weighted by Crippen LogP contribution is -2.29. The molecule has 1 aromatic heterocycles. The number of nitrogens with zero attached hydrogens (tertiary/aromatic N) is 1. The lowest BCUT2D eigenvalue weighted by atomic mass is 9.98. The number of aromatic nitrogens is 1. The topological polar surface area (TPSA) is 77.0 Å². The number of hydrazine groups is 1. The number of para-hydroxylation sites is 1. The second-order valence-electron chi connectivity index (χ2n) is 4.83. The van der Waals surface area contributed by atoms with Gasteiger partial charge in [0, 0.05) is 22.3 Å². The maximum Gasteiger partial charge on any atom is 0.0745 e. The van der Waals surface area contributed by atoms with Gasteiger partial charge in [-0.15, -0.1) is 0 Å². The molecule has 0 radical (unpaired) electrons. The second-order valence-corrected chi connectivity index (χ2v) is 5.27. The molecule has 0 fully saturated rings. The molecule has 0 aliphatic heterocycles. The molecule has 3 rings (SSSR count). The first-order valence-electron chi connectivity index (χ1n) is 6.55. The van der Waals surface area contributed by atoms with E-state index in [9.17, 15) is 0 Å². The molecule has 4 nitrogen and oxygen atoms in total. The first-order chi connectivity index (χ1) is 10.2. The van der Waals surface area contributed by atoms with E-state index in [4.69, 9.17) is 23.2 Å². The van der Waals surface area contributed by atoms with Crippen molar-refractivity contribution < 1.29 is 0 Å². The zero-order chi connectivity index (χ0) is 14.8. The summed E-state index contributed by atoms with van der Waals surface area (Å²) in [4.78, 5) is 4.46. The van der Waals surface area contributed by atoms with Gasteiger partial charge in [-0.05, 0) is 35.4 Å². The highest BCUT2D eigenvalue weighted by Gasteiger charge is 2.16. The van der Waals surface area contributed by atoms with Gasteiger partial charge < -0.3 is 5.73 Å². The van der Waals surface area contributed by atoms with Crippen LogP contribution in [0.15, 0.2) is 54.7 Å². The summed E-state index contributed by atoms with van der Waals surface area (Å²) in [5, 5.41) is 1.66. The van der Waals surface area contributed by atoms with Gasteiger partial charge in [-0.2, -0.15) is 0 Å². The molecule has 2 aromatic carbocycles. The van der Waals surface area contributed by atoms with Crippen molar-refractivity contribution in [2.45, 2.75) is 6.04 Å². The van der Waals surface area contributed by atoms with Gasteiger partial charge in [-0.1, -0.05) is 35.9 Å². The Kier molecular flexibility index (Phi) is 3.75. The Balaban J connectivity index is 2.09. The molecule has 0 aliphatic carbocycles. The van der Waals surface area contributed by atoms with E-state index < -0.39 is 0 Å². The highest BCUT2D eigenvalue weighted by Crippen LogP contribution is 2.29. The van der Waals surface area contributed by atoms with E-state index in [0.717, 1.165) is 22.0 Å². The molecule has 0 amide bonds. The van der Waals surface area contributed by atoms with Gasteiger partial charge in [0.1, 0.15) is 0 Å². The maximum atomic E-state index is 6.05. The fraction of sp³-hybridized carbons (Fsp3) is 0.0625. The number of fused-ring (bicyclic) bond motifs is 1. The molecule has 3 aromatic rings. The average Bonchev–Trinajstić information content (AvgIpc) is 2.50. The minimum atomic E-state index is -0.237. The Morgan fingerprint density at radius 3 is 2.67 bits per heavy atom. The fourth-order valence-electron chi connectivity index (χ4n) is 2.42. The summed E-state index contributed by atoms with van der Waals surface area (Å²) in [7, 11) is 0. The number of nitrogen functional groups attached to an aromatic ring is 1. The molecular weight excluding hydrogens is 284 g/mol. The van der Waals surface area contributed by atoms with Gasteiger partial charge in [0.25, 0.3) is 0 Å². The van der Waals surface area contributed by atoms with Crippen molar-refractivity contribution in [1.29, 1.82) is 0 Å². The molecular formula is C16H15ClN4. The van der Waals surface area contributed by atoms with Gasteiger partial charge in [0.2, 0.25) is 0 Å². The summed E-state index contributed by atoms with van der Waals surface area (Å²) in [5.41, 5.74) is 12.2. The number of benzene rings is 2. The number of pyridine rings is 1. The van der Waals surface area contributed by atoms with Crippen molar-refractivity contribution in [3.05, 3.63) is 70.9 Å². The van der Waals surface area contributed by atoms with Gasteiger partial charge in [-0.3, -0.25) is 10.8 Å². The van der Waals surface area contributed by atoms with Gasteiger partial charge in [0.15, 0.2) is 0 Å². The first kappa shape index (κ1) is 13.8. The Labute approximate surface area is 127 Å². The summed E-state index contributed by atoms with van der Waals surface area (Å²) in [6.07, 6.45) is 1.81. The Hall–Kier alpha value is -2.14. The second kappa shape index (κ2) is 5.69. The van der Waals surface area contributed by atoms with Crippen LogP contribution in [0.1, 0.15) is 17.2 Å². The third-order valence-electron chi connectivity index (χ3n) is 3.47. The third kappa shape index (κ3) is 2.69. The average molecular weight is 299 g/mol. The Morgan fingerprint density at radius 1 is 1.10 bits per heavy atom. The van der Waals surface area contributed by atoms with E-state index in [1.807, 2.05) is 30.3 Å². The highest BCUT2D eigenvalue weighted by atomic mass is 35.5. The molecule has 0 aliphatic rings. The predicted molar refractivity (Wildman–Crippen MR) is 86.8 cm³/mol. The van der Waals surface area contributed by atoms with Crippen LogP contribution in [0.3, 0.4) is 0 Å². The number of rotatable bonds is 3. The lowest BCUT2D eigenvalue weighted by Gasteiger charge is -2.19. The molecule has 106 valence electrons. The number of anilines is 1. The minimum Gasteiger partial charge on any atom is -0.398 e.